The summed E-state index contributed by atoms with van der Waals surface area (Å²) in [5.74, 6) is -0.936. The van der Waals surface area contributed by atoms with E-state index >= 15 is 0 Å². The molecule has 1 rings (SSSR count). The van der Waals surface area contributed by atoms with E-state index in [1.54, 1.807) is 17.9 Å². The van der Waals surface area contributed by atoms with Gasteiger partial charge in [-0.25, -0.2) is 9.18 Å². The third-order valence-electron chi connectivity index (χ3n) is 2.77. The van der Waals surface area contributed by atoms with Gasteiger partial charge in [0.15, 0.2) is 0 Å². The number of rotatable bonds is 6. The van der Waals surface area contributed by atoms with Gasteiger partial charge < -0.3 is 4.74 Å². The Morgan fingerprint density at radius 3 is 2.67 bits per heavy atom. The van der Waals surface area contributed by atoms with Crippen molar-refractivity contribution in [3.8, 4) is 0 Å². The Balaban J connectivity index is 2.63. The fraction of sp³-hybridized carbons (Fsp3) is 0.429. The normalized spacial score (nSPS) is 10.5. The van der Waals surface area contributed by atoms with Gasteiger partial charge in [-0.05, 0) is 25.6 Å². The zero-order chi connectivity index (χ0) is 15.8. The van der Waals surface area contributed by atoms with Crippen LogP contribution in [0.1, 0.15) is 19.4 Å². The highest BCUT2D eigenvalue weighted by atomic mass is 35.5. The van der Waals surface area contributed by atoms with Crippen LogP contribution in [0.25, 0.3) is 0 Å². The van der Waals surface area contributed by atoms with Crippen molar-refractivity contribution >= 4 is 23.6 Å². The van der Waals surface area contributed by atoms with E-state index in [2.05, 4.69) is 10.1 Å². The summed E-state index contributed by atoms with van der Waals surface area (Å²) in [6.07, 6.45) is -0.789. The van der Waals surface area contributed by atoms with Crippen molar-refractivity contribution in [2.24, 2.45) is 0 Å². The molecule has 5 nitrogen and oxygen atoms in total. The maximum Gasteiger partial charge on any atom is 0.413 e. The van der Waals surface area contributed by atoms with E-state index in [-0.39, 0.29) is 19.7 Å². The quantitative estimate of drug-likeness (QED) is 0.876. The molecule has 0 radical (unpaired) electrons. The second-order valence-electron chi connectivity index (χ2n) is 4.27. The van der Waals surface area contributed by atoms with Gasteiger partial charge in [0, 0.05) is 17.1 Å². The first-order chi connectivity index (χ1) is 9.97. The molecule has 2 amide bonds. The molecule has 0 heterocycles. The summed E-state index contributed by atoms with van der Waals surface area (Å²) < 4.78 is 18.3. The van der Waals surface area contributed by atoms with Crippen molar-refractivity contribution in [3.63, 3.8) is 0 Å². The highest BCUT2D eigenvalue weighted by molar-refractivity contribution is 6.31. The van der Waals surface area contributed by atoms with Gasteiger partial charge in [0.2, 0.25) is 5.91 Å². The largest absolute Gasteiger partial charge is 0.450 e. The van der Waals surface area contributed by atoms with Gasteiger partial charge in [0.05, 0.1) is 13.2 Å². The van der Waals surface area contributed by atoms with Crippen LogP contribution in [0.3, 0.4) is 0 Å². The van der Waals surface area contributed by atoms with Crippen molar-refractivity contribution in [3.05, 3.63) is 34.6 Å². The number of hydrogen-bond acceptors (Lipinski definition) is 4. The number of benzene rings is 1. The number of imide groups is 1. The number of carbonyl (C=O) groups is 2. The maximum absolute atomic E-state index is 13.7. The molecule has 0 aliphatic heterocycles. The molecule has 1 N–H and O–H groups in total. The van der Waals surface area contributed by atoms with E-state index in [0.29, 0.717) is 17.1 Å². The molecule has 1 aromatic rings. The summed E-state index contributed by atoms with van der Waals surface area (Å²) in [6, 6.07) is 4.42. The second-order valence-corrected chi connectivity index (χ2v) is 4.68. The molecule has 0 spiro atoms. The standard InChI is InChI=1S/C14H18ClFN2O3/c1-3-18(9-13(19)17-14(20)21-4-2)8-10-11(15)6-5-7-12(10)16/h5-7H,3-4,8-9H2,1-2H3,(H,17,19,20). The molecule has 0 unspecified atom stereocenters. The van der Waals surface area contributed by atoms with Gasteiger partial charge >= 0.3 is 6.09 Å². The Morgan fingerprint density at radius 2 is 2.10 bits per heavy atom. The lowest BCUT2D eigenvalue weighted by atomic mass is 10.2. The predicted octanol–water partition coefficient (Wildman–Crippen LogP) is 2.57. The van der Waals surface area contributed by atoms with Crippen LogP contribution >= 0.6 is 11.6 Å². The number of likely N-dealkylation sites (N-methyl/N-ethyl adjacent to an activating group) is 1. The molecule has 0 aromatic heterocycles. The van der Waals surface area contributed by atoms with Gasteiger partial charge in [-0.2, -0.15) is 0 Å². The minimum absolute atomic E-state index is 0.0556. The first-order valence-electron chi connectivity index (χ1n) is 6.59. The topological polar surface area (TPSA) is 58.6 Å². The number of halogens is 2. The van der Waals surface area contributed by atoms with Crippen molar-refractivity contribution in [1.82, 2.24) is 10.2 Å². The first kappa shape index (κ1) is 17.4. The summed E-state index contributed by atoms with van der Waals surface area (Å²) in [5.41, 5.74) is 0.324. The fourth-order valence-corrected chi connectivity index (χ4v) is 1.93. The van der Waals surface area contributed by atoms with Crippen molar-refractivity contribution < 1.29 is 18.7 Å². The van der Waals surface area contributed by atoms with E-state index in [1.807, 2.05) is 6.92 Å². The Morgan fingerprint density at radius 1 is 1.38 bits per heavy atom. The molecule has 1 aromatic carbocycles. The predicted molar refractivity (Wildman–Crippen MR) is 77.5 cm³/mol. The Hall–Kier alpha value is -1.66. The molecule has 0 saturated carbocycles. The van der Waals surface area contributed by atoms with Crippen LogP contribution in [0.2, 0.25) is 5.02 Å². The molecule has 0 bridgehead atoms. The molecule has 0 atom stereocenters. The summed E-state index contributed by atoms with van der Waals surface area (Å²) in [5, 5.41) is 2.40. The van der Waals surface area contributed by atoms with Gasteiger partial charge in [-0.3, -0.25) is 15.0 Å². The van der Waals surface area contributed by atoms with Gasteiger partial charge in [-0.15, -0.1) is 0 Å². The van der Waals surface area contributed by atoms with Crippen LogP contribution in [0.5, 0.6) is 0 Å². The smallest absolute Gasteiger partial charge is 0.413 e. The Bertz CT molecular complexity index is 491. The first-order valence-corrected chi connectivity index (χ1v) is 6.97. The number of carbonyl (C=O) groups excluding carboxylic acids is 2. The molecular weight excluding hydrogens is 299 g/mol. The van der Waals surface area contributed by atoms with Gasteiger partial charge in [0.1, 0.15) is 5.82 Å². The number of alkyl carbamates (subject to hydrolysis) is 1. The molecule has 0 fully saturated rings. The summed E-state index contributed by atoms with van der Waals surface area (Å²) in [6.45, 7) is 4.27. The van der Waals surface area contributed by atoms with Crippen molar-refractivity contribution in [2.75, 3.05) is 19.7 Å². The number of amides is 2. The van der Waals surface area contributed by atoms with Crippen LogP contribution in [0.4, 0.5) is 9.18 Å². The lowest BCUT2D eigenvalue weighted by molar-refractivity contribution is -0.121. The number of ether oxygens (including phenoxy) is 1. The van der Waals surface area contributed by atoms with Crippen molar-refractivity contribution in [2.45, 2.75) is 20.4 Å². The molecule has 7 heteroatoms. The van der Waals surface area contributed by atoms with Gasteiger partial charge in [-0.1, -0.05) is 24.6 Å². The van der Waals surface area contributed by atoms with E-state index in [1.165, 1.54) is 12.1 Å². The SMILES string of the molecule is CCOC(=O)NC(=O)CN(CC)Cc1c(F)cccc1Cl. The maximum atomic E-state index is 13.7. The molecule has 0 saturated heterocycles. The third-order valence-corrected chi connectivity index (χ3v) is 3.13. The zero-order valence-corrected chi connectivity index (χ0v) is 12.7. The van der Waals surface area contributed by atoms with E-state index in [9.17, 15) is 14.0 Å². The zero-order valence-electron chi connectivity index (χ0n) is 12.0. The lowest BCUT2D eigenvalue weighted by Gasteiger charge is -2.20. The van der Waals surface area contributed by atoms with Crippen LogP contribution in [-0.4, -0.2) is 36.6 Å². The molecular formula is C14H18ClFN2O3. The Kier molecular flexibility index (Phi) is 7.11. The summed E-state index contributed by atoms with van der Waals surface area (Å²) in [7, 11) is 0. The monoisotopic (exact) mass is 316 g/mol. The second kappa shape index (κ2) is 8.59. The molecule has 0 aliphatic rings. The van der Waals surface area contributed by atoms with E-state index in [0.717, 1.165) is 0 Å². The third kappa shape index (κ3) is 5.69. The minimum atomic E-state index is -0.789. The average Bonchev–Trinajstić information content (AvgIpc) is 2.41. The Labute approximate surface area is 128 Å². The summed E-state index contributed by atoms with van der Waals surface area (Å²) >= 11 is 5.95. The van der Waals surface area contributed by atoms with Crippen LogP contribution in [0.15, 0.2) is 18.2 Å². The highest BCUT2D eigenvalue weighted by Crippen LogP contribution is 2.20. The number of nitrogens with one attached hydrogen (secondary N) is 1. The minimum Gasteiger partial charge on any atom is -0.450 e. The van der Waals surface area contributed by atoms with Crippen molar-refractivity contribution in [1.29, 1.82) is 0 Å². The number of hydrogen-bond donors (Lipinski definition) is 1. The lowest BCUT2D eigenvalue weighted by Crippen LogP contribution is -2.40. The number of nitrogens with zero attached hydrogens (tertiary/aromatic N) is 1. The van der Waals surface area contributed by atoms with E-state index in [4.69, 9.17) is 11.6 Å². The fourth-order valence-electron chi connectivity index (χ4n) is 1.71. The molecule has 21 heavy (non-hydrogen) atoms. The van der Waals surface area contributed by atoms with Crippen LogP contribution < -0.4 is 5.32 Å². The molecule has 116 valence electrons. The highest BCUT2D eigenvalue weighted by Gasteiger charge is 2.16. The average molecular weight is 317 g/mol. The summed E-state index contributed by atoms with van der Waals surface area (Å²) in [4.78, 5) is 24.5. The molecule has 0 aliphatic carbocycles. The van der Waals surface area contributed by atoms with Crippen LogP contribution in [-0.2, 0) is 16.1 Å². The van der Waals surface area contributed by atoms with E-state index < -0.39 is 17.8 Å². The van der Waals surface area contributed by atoms with Crippen LogP contribution in [0, 0.1) is 5.82 Å². The van der Waals surface area contributed by atoms with Gasteiger partial charge in [0.25, 0.3) is 0 Å².